The van der Waals surface area contributed by atoms with Gasteiger partial charge in [0.15, 0.2) is 5.78 Å². The molecular weight excluding hydrogens is 304 g/mol. The van der Waals surface area contributed by atoms with Crippen LogP contribution in [-0.4, -0.2) is 26.4 Å². The second-order valence-electron chi connectivity index (χ2n) is 5.73. The normalized spacial score (nSPS) is 10.9. The van der Waals surface area contributed by atoms with Crippen LogP contribution in [0, 0.1) is 0 Å². The molecule has 0 bridgehead atoms. The number of aryl methyl sites for hydroxylation is 1. The third-order valence-corrected chi connectivity index (χ3v) is 4.06. The average molecular weight is 322 g/mol. The highest BCUT2D eigenvalue weighted by atomic mass is 16.4. The molecule has 3 rings (SSSR count). The van der Waals surface area contributed by atoms with E-state index < -0.39 is 5.97 Å². The maximum atomic E-state index is 11.6. The number of aromatic carboxylic acids is 1. The third-order valence-electron chi connectivity index (χ3n) is 4.06. The second kappa shape index (κ2) is 6.28. The minimum atomic E-state index is -0.936. The number of carbonyl (C=O) groups excluding carboxylic acids is 1. The molecule has 0 unspecified atom stereocenters. The second-order valence-corrected chi connectivity index (χ2v) is 5.73. The van der Waals surface area contributed by atoms with E-state index >= 15 is 0 Å². The number of Topliss-reactive ketones (excluding diaryl/α,β-unsaturated/α-hetero) is 1. The molecule has 0 radical (unpaired) electrons. The monoisotopic (exact) mass is 322 g/mol. The lowest BCUT2D eigenvalue weighted by Crippen LogP contribution is -2.06. The molecule has 3 aromatic rings. The van der Waals surface area contributed by atoms with Gasteiger partial charge in [-0.05, 0) is 42.8 Å². The van der Waals surface area contributed by atoms with Crippen LogP contribution in [0.5, 0.6) is 0 Å². The molecule has 0 aliphatic rings. The number of hydrogen-bond donors (Lipinski definition) is 1. The molecule has 5 heteroatoms. The Morgan fingerprint density at radius 1 is 1.12 bits per heavy atom. The molecule has 0 fully saturated rings. The summed E-state index contributed by atoms with van der Waals surface area (Å²) in [5, 5.41) is 9.14. The number of benzene rings is 2. The number of carbonyl (C=O) groups is 2. The van der Waals surface area contributed by atoms with E-state index in [0.717, 1.165) is 28.8 Å². The summed E-state index contributed by atoms with van der Waals surface area (Å²) in [5.41, 5.74) is 3.54. The van der Waals surface area contributed by atoms with Crippen LogP contribution in [0.25, 0.3) is 11.0 Å². The van der Waals surface area contributed by atoms with Gasteiger partial charge in [-0.25, -0.2) is 9.78 Å². The number of ketones is 1. The standard InChI is InChI=1S/C19H18N2O3/c1-3-18-20-16-10-14(12(2)22)7-8-17(16)21(18)11-13-5-4-6-15(9-13)19(23)24/h4-10H,3,11H2,1-2H3,(H,23,24). The highest BCUT2D eigenvalue weighted by Gasteiger charge is 2.12. The molecule has 0 aliphatic carbocycles. The summed E-state index contributed by atoms with van der Waals surface area (Å²) in [7, 11) is 0. The van der Waals surface area contributed by atoms with Gasteiger partial charge in [0.2, 0.25) is 0 Å². The Labute approximate surface area is 139 Å². The van der Waals surface area contributed by atoms with Crippen molar-refractivity contribution in [1.29, 1.82) is 0 Å². The predicted molar refractivity (Wildman–Crippen MR) is 91.6 cm³/mol. The van der Waals surface area contributed by atoms with Crippen LogP contribution < -0.4 is 0 Å². The summed E-state index contributed by atoms with van der Waals surface area (Å²) in [6.45, 7) is 4.10. The molecular formula is C19H18N2O3. The van der Waals surface area contributed by atoms with Crippen molar-refractivity contribution in [3.8, 4) is 0 Å². The summed E-state index contributed by atoms with van der Waals surface area (Å²) in [5.74, 6) is -0.0146. The van der Waals surface area contributed by atoms with Crippen LogP contribution in [0.3, 0.4) is 0 Å². The zero-order valence-corrected chi connectivity index (χ0v) is 13.6. The van der Waals surface area contributed by atoms with Gasteiger partial charge in [0.05, 0.1) is 16.6 Å². The predicted octanol–water partition coefficient (Wildman–Crippen LogP) is 3.55. The van der Waals surface area contributed by atoms with Crippen molar-refractivity contribution in [1.82, 2.24) is 9.55 Å². The molecule has 1 aromatic heterocycles. The molecule has 0 aliphatic heterocycles. The van der Waals surface area contributed by atoms with E-state index in [4.69, 9.17) is 5.11 Å². The van der Waals surface area contributed by atoms with Gasteiger partial charge in [-0.15, -0.1) is 0 Å². The molecule has 0 spiro atoms. The summed E-state index contributed by atoms with van der Waals surface area (Å²) in [6, 6.07) is 12.4. The van der Waals surface area contributed by atoms with Gasteiger partial charge in [0.25, 0.3) is 0 Å². The lowest BCUT2D eigenvalue weighted by atomic mass is 10.1. The van der Waals surface area contributed by atoms with Crippen LogP contribution >= 0.6 is 0 Å². The van der Waals surface area contributed by atoms with E-state index in [-0.39, 0.29) is 11.3 Å². The number of nitrogens with zero attached hydrogens (tertiary/aromatic N) is 2. The highest BCUT2D eigenvalue weighted by Crippen LogP contribution is 2.21. The Bertz CT molecular complexity index is 941. The van der Waals surface area contributed by atoms with Gasteiger partial charge < -0.3 is 9.67 Å². The topological polar surface area (TPSA) is 72.2 Å². The Hall–Kier alpha value is -2.95. The number of rotatable bonds is 5. The van der Waals surface area contributed by atoms with Crippen LogP contribution in [0.15, 0.2) is 42.5 Å². The number of imidazole rings is 1. The summed E-state index contributed by atoms with van der Waals surface area (Å²) in [6.07, 6.45) is 0.753. The van der Waals surface area contributed by atoms with Gasteiger partial charge in [-0.3, -0.25) is 4.79 Å². The molecule has 122 valence electrons. The Morgan fingerprint density at radius 2 is 1.92 bits per heavy atom. The van der Waals surface area contributed by atoms with E-state index in [1.807, 2.05) is 19.1 Å². The largest absolute Gasteiger partial charge is 0.478 e. The first kappa shape index (κ1) is 15.9. The quantitative estimate of drug-likeness (QED) is 0.729. The summed E-state index contributed by atoms with van der Waals surface area (Å²) < 4.78 is 2.07. The van der Waals surface area contributed by atoms with Crippen LogP contribution in [0.1, 0.15) is 46.0 Å². The molecule has 2 aromatic carbocycles. The summed E-state index contributed by atoms with van der Waals surface area (Å²) >= 11 is 0. The van der Waals surface area contributed by atoms with Gasteiger partial charge in [0.1, 0.15) is 5.82 Å². The van der Waals surface area contributed by atoms with Crippen molar-refractivity contribution < 1.29 is 14.7 Å². The Balaban J connectivity index is 2.06. The van der Waals surface area contributed by atoms with Crippen molar-refractivity contribution in [2.75, 3.05) is 0 Å². The number of carboxylic acid groups (broad SMARTS) is 1. The number of aromatic nitrogens is 2. The maximum Gasteiger partial charge on any atom is 0.335 e. The lowest BCUT2D eigenvalue weighted by molar-refractivity contribution is 0.0696. The third kappa shape index (κ3) is 2.93. The SMILES string of the molecule is CCc1nc2cc(C(C)=O)ccc2n1Cc1cccc(C(=O)O)c1. The average Bonchev–Trinajstić information content (AvgIpc) is 2.92. The van der Waals surface area contributed by atoms with E-state index in [1.54, 1.807) is 30.3 Å². The fourth-order valence-corrected chi connectivity index (χ4v) is 2.83. The van der Waals surface area contributed by atoms with Crippen molar-refractivity contribution in [2.45, 2.75) is 26.8 Å². The number of hydrogen-bond acceptors (Lipinski definition) is 3. The molecule has 0 atom stereocenters. The van der Waals surface area contributed by atoms with Crippen LogP contribution in [0.2, 0.25) is 0 Å². The highest BCUT2D eigenvalue weighted by molar-refractivity contribution is 5.97. The van der Waals surface area contributed by atoms with E-state index in [1.165, 1.54) is 6.92 Å². The molecule has 0 saturated heterocycles. The van der Waals surface area contributed by atoms with Crippen molar-refractivity contribution >= 4 is 22.8 Å². The molecule has 1 N–H and O–H groups in total. The van der Waals surface area contributed by atoms with Crippen molar-refractivity contribution in [3.63, 3.8) is 0 Å². The van der Waals surface area contributed by atoms with Gasteiger partial charge in [-0.2, -0.15) is 0 Å². The molecule has 5 nitrogen and oxygen atoms in total. The molecule has 0 amide bonds. The van der Waals surface area contributed by atoms with E-state index in [0.29, 0.717) is 12.1 Å². The summed E-state index contributed by atoms with van der Waals surface area (Å²) in [4.78, 5) is 27.3. The zero-order chi connectivity index (χ0) is 17.3. The minimum Gasteiger partial charge on any atom is -0.478 e. The lowest BCUT2D eigenvalue weighted by Gasteiger charge is -2.09. The van der Waals surface area contributed by atoms with Crippen LogP contribution in [0.4, 0.5) is 0 Å². The van der Waals surface area contributed by atoms with Gasteiger partial charge in [0, 0.05) is 18.5 Å². The first-order valence-corrected chi connectivity index (χ1v) is 7.82. The first-order valence-electron chi connectivity index (χ1n) is 7.82. The minimum absolute atomic E-state index is 0.0126. The maximum absolute atomic E-state index is 11.6. The fraction of sp³-hybridized carbons (Fsp3) is 0.211. The number of carboxylic acids is 1. The molecule has 24 heavy (non-hydrogen) atoms. The van der Waals surface area contributed by atoms with Crippen molar-refractivity contribution in [2.24, 2.45) is 0 Å². The van der Waals surface area contributed by atoms with Crippen LogP contribution in [-0.2, 0) is 13.0 Å². The van der Waals surface area contributed by atoms with Crippen molar-refractivity contribution in [3.05, 3.63) is 65.0 Å². The van der Waals surface area contributed by atoms with Gasteiger partial charge >= 0.3 is 5.97 Å². The Morgan fingerprint density at radius 3 is 2.58 bits per heavy atom. The fourth-order valence-electron chi connectivity index (χ4n) is 2.83. The zero-order valence-electron chi connectivity index (χ0n) is 13.6. The number of fused-ring (bicyclic) bond motifs is 1. The van der Waals surface area contributed by atoms with Gasteiger partial charge in [-0.1, -0.05) is 19.1 Å². The smallest absolute Gasteiger partial charge is 0.335 e. The van der Waals surface area contributed by atoms with E-state index in [9.17, 15) is 9.59 Å². The first-order chi connectivity index (χ1) is 11.5. The molecule has 0 saturated carbocycles. The molecule has 1 heterocycles. The Kier molecular flexibility index (Phi) is 4.16. The van der Waals surface area contributed by atoms with E-state index in [2.05, 4.69) is 9.55 Å².